The fourth-order valence-electron chi connectivity index (χ4n) is 3.52. The molecule has 0 fully saturated rings. The minimum atomic E-state index is -0.649. The van der Waals surface area contributed by atoms with Crippen LogP contribution < -0.4 is 10.9 Å². The van der Waals surface area contributed by atoms with Crippen molar-refractivity contribution in [2.75, 3.05) is 5.32 Å². The van der Waals surface area contributed by atoms with E-state index in [-0.39, 0.29) is 28.3 Å². The third kappa shape index (κ3) is 3.32. The van der Waals surface area contributed by atoms with Crippen molar-refractivity contribution in [2.24, 2.45) is 0 Å². The van der Waals surface area contributed by atoms with E-state index in [1.54, 1.807) is 38.1 Å². The first kappa shape index (κ1) is 19.9. The number of benzene rings is 2. The average Bonchev–Trinajstić information content (AvgIpc) is 2.76. The first-order valence-corrected chi connectivity index (χ1v) is 9.42. The van der Waals surface area contributed by atoms with Crippen LogP contribution in [0.15, 0.2) is 47.3 Å². The lowest BCUT2D eigenvalue weighted by Crippen LogP contribution is -2.32. The van der Waals surface area contributed by atoms with Crippen LogP contribution >= 0.6 is 0 Å². The molecule has 1 amide bonds. The van der Waals surface area contributed by atoms with Gasteiger partial charge in [-0.15, -0.1) is 0 Å². The number of anilines is 1. The van der Waals surface area contributed by atoms with Gasteiger partial charge in [0.25, 0.3) is 5.56 Å². The number of hydrogen-bond acceptors (Lipinski definition) is 6. The van der Waals surface area contributed by atoms with E-state index in [0.717, 1.165) is 4.68 Å². The monoisotopic (exact) mass is 412 g/mol. The number of hydrogen-bond donors (Lipinski definition) is 1. The summed E-state index contributed by atoms with van der Waals surface area (Å²) < 4.78 is 0.930. The molecule has 3 aromatic rings. The van der Waals surface area contributed by atoms with Gasteiger partial charge in [0.15, 0.2) is 11.6 Å². The minimum absolute atomic E-state index is 0.0585. The molecule has 0 saturated heterocycles. The van der Waals surface area contributed by atoms with Crippen LogP contribution in [0.3, 0.4) is 0 Å². The zero-order valence-electron chi connectivity index (χ0n) is 16.7. The summed E-state index contributed by atoms with van der Waals surface area (Å²) in [5, 5.41) is 15.9. The van der Waals surface area contributed by atoms with Crippen LogP contribution in [-0.2, 0) is 11.3 Å². The van der Waals surface area contributed by atoms with Crippen molar-refractivity contribution in [3.63, 3.8) is 0 Å². The first-order valence-electron chi connectivity index (χ1n) is 9.42. The molecule has 4 rings (SSSR count). The summed E-state index contributed by atoms with van der Waals surface area (Å²) in [5.74, 6) is -1.11. The standard InChI is InChI=1S/C23H16N4O4/c1-12-13(2)26-27(23(31)19(12)10-24)11-20(28)25-14-7-8-17-18(9-14)22(30)16-6-4-3-5-15(16)21(17)29/h3-9H,11H2,1-2H3,(H,25,28). The Kier molecular flexibility index (Phi) is 4.79. The number of fused-ring (bicyclic) bond motifs is 2. The largest absolute Gasteiger partial charge is 0.324 e. The Morgan fingerprint density at radius 3 is 2.26 bits per heavy atom. The van der Waals surface area contributed by atoms with Gasteiger partial charge in [-0.2, -0.15) is 10.4 Å². The molecule has 0 radical (unpaired) electrons. The highest BCUT2D eigenvalue weighted by atomic mass is 16.2. The van der Waals surface area contributed by atoms with Gasteiger partial charge in [0.05, 0.1) is 5.69 Å². The molecule has 2 aromatic carbocycles. The summed E-state index contributed by atoms with van der Waals surface area (Å²) in [6, 6.07) is 12.9. The molecule has 0 bridgehead atoms. The smallest absolute Gasteiger partial charge is 0.285 e. The second-order valence-electron chi connectivity index (χ2n) is 7.17. The molecule has 0 saturated carbocycles. The van der Waals surface area contributed by atoms with Crippen molar-refractivity contribution in [1.82, 2.24) is 9.78 Å². The number of nitrogens with zero attached hydrogens (tertiary/aromatic N) is 3. The third-order valence-corrected chi connectivity index (χ3v) is 5.25. The van der Waals surface area contributed by atoms with Crippen LogP contribution in [0.25, 0.3) is 0 Å². The number of carbonyl (C=O) groups excluding carboxylic acids is 3. The maximum absolute atomic E-state index is 12.8. The Bertz CT molecular complexity index is 1400. The molecule has 1 heterocycles. The Morgan fingerprint density at radius 2 is 1.61 bits per heavy atom. The van der Waals surface area contributed by atoms with E-state index < -0.39 is 18.0 Å². The lowest BCUT2D eigenvalue weighted by molar-refractivity contribution is -0.117. The predicted octanol–water partition coefficient (Wildman–Crippen LogP) is 2.15. The first-order chi connectivity index (χ1) is 14.8. The molecule has 152 valence electrons. The minimum Gasteiger partial charge on any atom is -0.324 e. The van der Waals surface area contributed by atoms with E-state index in [2.05, 4.69) is 10.4 Å². The number of nitrogens with one attached hydrogen (secondary N) is 1. The van der Waals surface area contributed by atoms with Crippen LogP contribution in [0.4, 0.5) is 5.69 Å². The topological polar surface area (TPSA) is 122 Å². The summed E-state index contributed by atoms with van der Waals surface area (Å²) in [4.78, 5) is 50.4. The van der Waals surface area contributed by atoms with Gasteiger partial charge in [-0.3, -0.25) is 19.2 Å². The van der Waals surface area contributed by atoms with Crippen LogP contribution in [0, 0.1) is 25.2 Å². The zero-order chi connectivity index (χ0) is 22.3. The number of aryl methyl sites for hydroxylation is 1. The number of aromatic nitrogens is 2. The zero-order valence-corrected chi connectivity index (χ0v) is 16.7. The molecule has 0 atom stereocenters. The van der Waals surface area contributed by atoms with E-state index in [0.29, 0.717) is 28.1 Å². The normalized spacial score (nSPS) is 12.0. The molecule has 1 N–H and O–H groups in total. The third-order valence-electron chi connectivity index (χ3n) is 5.25. The van der Waals surface area contributed by atoms with Gasteiger partial charge >= 0.3 is 0 Å². The second kappa shape index (κ2) is 7.46. The molecule has 0 spiro atoms. The molecular weight excluding hydrogens is 396 g/mol. The molecule has 1 aliphatic carbocycles. The highest BCUT2D eigenvalue weighted by molar-refractivity contribution is 6.28. The molecule has 8 heteroatoms. The van der Waals surface area contributed by atoms with E-state index >= 15 is 0 Å². The van der Waals surface area contributed by atoms with Crippen LogP contribution in [0.2, 0.25) is 0 Å². The summed E-state index contributed by atoms with van der Waals surface area (Å²) in [5.41, 5.74) is 1.69. The quantitative estimate of drug-likeness (QED) is 0.550. The Morgan fingerprint density at radius 1 is 1.00 bits per heavy atom. The van der Waals surface area contributed by atoms with E-state index in [4.69, 9.17) is 0 Å². The summed E-state index contributed by atoms with van der Waals surface area (Å²) >= 11 is 0. The Hall–Kier alpha value is -4.38. The fourth-order valence-corrected chi connectivity index (χ4v) is 3.52. The molecule has 0 aliphatic heterocycles. The number of nitriles is 1. The van der Waals surface area contributed by atoms with Gasteiger partial charge in [0.1, 0.15) is 18.2 Å². The molecule has 8 nitrogen and oxygen atoms in total. The highest BCUT2D eigenvalue weighted by Gasteiger charge is 2.29. The van der Waals surface area contributed by atoms with Crippen molar-refractivity contribution in [3.8, 4) is 6.07 Å². The van der Waals surface area contributed by atoms with Crippen LogP contribution in [-0.4, -0.2) is 27.3 Å². The average molecular weight is 412 g/mol. The van der Waals surface area contributed by atoms with Gasteiger partial charge in [0, 0.05) is 27.9 Å². The van der Waals surface area contributed by atoms with Gasteiger partial charge in [-0.05, 0) is 37.6 Å². The predicted molar refractivity (Wildman–Crippen MR) is 111 cm³/mol. The van der Waals surface area contributed by atoms with Gasteiger partial charge in [-0.1, -0.05) is 24.3 Å². The molecule has 31 heavy (non-hydrogen) atoms. The second-order valence-corrected chi connectivity index (χ2v) is 7.17. The lowest BCUT2D eigenvalue weighted by Gasteiger charge is -2.18. The summed E-state index contributed by atoms with van der Waals surface area (Å²) in [6.45, 7) is 2.87. The van der Waals surface area contributed by atoms with Gasteiger partial charge in [0.2, 0.25) is 5.91 Å². The number of rotatable bonds is 3. The van der Waals surface area contributed by atoms with Crippen LogP contribution in [0.5, 0.6) is 0 Å². The van der Waals surface area contributed by atoms with E-state index in [9.17, 15) is 24.4 Å². The van der Waals surface area contributed by atoms with Gasteiger partial charge < -0.3 is 5.32 Å². The molecule has 0 unspecified atom stereocenters. The number of ketones is 2. The maximum Gasteiger partial charge on any atom is 0.285 e. The Labute approximate surface area is 176 Å². The fraction of sp³-hybridized carbons (Fsp3) is 0.130. The molecule has 1 aromatic heterocycles. The Balaban J connectivity index is 1.61. The summed E-state index contributed by atoms with van der Waals surface area (Å²) in [7, 11) is 0. The van der Waals surface area contributed by atoms with Crippen molar-refractivity contribution in [1.29, 1.82) is 5.26 Å². The van der Waals surface area contributed by atoms with Crippen molar-refractivity contribution in [2.45, 2.75) is 20.4 Å². The van der Waals surface area contributed by atoms with E-state index in [1.807, 2.05) is 6.07 Å². The van der Waals surface area contributed by atoms with Crippen molar-refractivity contribution in [3.05, 3.63) is 91.9 Å². The van der Waals surface area contributed by atoms with Crippen molar-refractivity contribution >= 4 is 23.2 Å². The molecule has 1 aliphatic rings. The SMILES string of the molecule is Cc1nn(CC(=O)Nc2ccc3c(c2)C(=O)c2ccccc2C3=O)c(=O)c(C#N)c1C. The van der Waals surface area contributed by atoms with E-state index in [1.165, 1.54) is 18.2 Å². The van der Waals surface area contributed by atoms with Gasteiger partial charge in [-0.25, -0.2) is 4.68 Å². The highest BCUT2D eigenvalue weighted by Crippen LogP contribution is 2.29. The molecular formula is C23H16N4O4. The van der Waals surface area contributed by atoms with Crippen molar-refractivity contribution < 1.29 is 14.4 Å². The van der Waals surface area contributed by atoms with Crippen LogP contribution in [0.1, 0.15) is 48.7 Å². The number of carbonyl (C=O) groups is 3. The summed E-state index contributed by atoms with van der Waals surface area (Å²) in [6.07, 6.45) is 0. The number of amides is 1. The maximum atomic E-state index is 12.8. The lowest BCUT2D eigenvalue weighted by atomic mass is 9.84.